The maximum absolute atomic E-state index is 12.1. The molecule has 0 aromatic heterocycles. The van der Waals surface area contributed by atoms with Gasteiger partial charge in [-0.05, 0) is 37.5 Å². The molecule has 0 fully saturated rings. The number of nitrogens with two attached hydrogens (primary N) is 1. The van der Waals surface area contributed by atoms with Crippen molar-refractivity contribution in [1.29, 1.82) is 0 Å². The summed E-state index contributed by atoms with van der Waals surface area (Å²) in [6, 6.07) is 5.71. The second-order valence-electron chi connectivity index (χ2n) is 4.83. The van der Waals surface area contributed by atoms with Crippen molar-refractivity contribution in [3.05, 3.63) is 23.8 Å². The van der Waals surface area contributed by atoms with Crippen LogP contribution < -0.4 is 11.1 Å². The minimum atomic E-state index is 0.0847. The molecule has 0 aliphatic heterocycles. The highest BCUT2D eigenvalue weighted by Gasteiger charge is 2.16. The van der Waals surface area contributed by atoms with Crippen LogP contribution in [0.15, 0.2) is 18.2 Å². The van der Waals surface area contributed by atoms with Gasteiger partial charge in [-0.1, -0.05) is 32.8 Å². The molecule has 0 radical (unpaired) electrons. The van der Waals surface area contributed by atoms with Crippen molar-refractivity contribution in [1.82, 2.24) is 0 Å². The van der Waals surface area contributed by atoms with Gasteiger partial charge in [0.25, 0.3) is 0 Å². The van der Waals surface area contributed by atoms with Gasteiger partial charge in [-0.2, -0.15) is 0 Å². The van der Waals surface area contributed by atoms with E-state index < -0.39 is 0 Å². The van der Waals surface area contributed by atoms with Crippen molar-refractivity contribution in [3.63, 3.8) is 0 Å². The standard InChI is InChI=1S/C15H24N2O/c1-4-6-7-12(5-2)15(18)17-14-9-8-11(3)10-13(14)16/h8-10,12H,4-7,16H2,1-3H3,(H,17,18). The highest BCUT2D eigenvalue weighted by Crippen LogP contribution is 2.22. The van der Waals surface area contributed by atoms with E-state index in [1.807, 2.05) is 25.1 Å². The lowest BCUT2D eigenvalue weighted by Crippen LogP contribution is -2.22. The number of unbranched alkanes of at least 4 members (excludes halogenated alkanes) is 1. The first kappa shape index (κ1) is 14.6. The lowest BCUT2D eigenvalue weighted by molar-refractivity contribution is -0.120. The molecule has 0 bridgehead atoms. The van der Waals surface area contributed by atoms with Gasteiger partial charge in [-0.25, -0.2) is 0 Å². The number of anilines is 2. The molecule has 0 spiro atoms. The number of hydrogen-bond acceptors (Lipinski definition) is 2. The Kier molecular flexibility index (Phi) is 5.69. The fraction of sp³-hybridized carbons (Fsp3) is 0.533. The molecule has 1 aromatic carbocycles. The SMILES string of the molecule is CCCCC(CC)C(=O)Nc1ccc(C)cc1N. The highest BCUT2D eigenvalue weighted by molar-refractivity contribution is 5.95. The van der Waals surface area contributed by atoms with Crippen LogP contribution in [-0.4, -0.2) is 5.91 Å². The Morgan fingerprint density at radius 3 is 2.67 bits per heavy atom. The molecule has 0 aliphatic carbocycles. The van der Waals surface area contributed by atoms with Crippen LogP contribution in [-0.2, 0) is 4.79 Å². The van der Waals surface area contributed by atoms with Crippen LogP contribution in [0.2, 0.25) is 0 Å². The fourth-order valence-corrected chi connectivity index (χ4v) is 2.00. The zero-order valence-corrected chi connectivity index (χ0v) is 11.6. The van der Waals surface area contributed by atoms with E-state index in [0.29, 0.717) is 5.69 Å². The van der Waals surface area contributed by atoms with E-state index in [1.54, 1.807) is 0 Å². The van der Waals surface area contributed by atoms with Crippen LogP contribution in [0.25, 0.3) is 0 Å². The summed E-state index contributed by atoms with van der Waals surface area (Å²) in [5, 5.41) is 2.93. The van der Waals surface area contributed by atoms with E-state index in [-0.39, 0.29) is 11.8 Å². The zero-order chi connectivity index (χ0) is 13.5. The molecule has 3 nitrogen and oxygen atoms in total. The smallest absolute Gasteiger partial charge is 0.227 e. The Labute approximate surface area is 110 Å². The Hall–Kier alpha value is -1.51. The number of hydrogen-bond donors (Lipinski definition) is 2. The molecule has 1 rings (SSSR count). The van der Waals surface area contributed by atoms with Gasteiger partial charge in [-0.15, -0.1) is 0 Å². The summed E-state index contributed by atoms with van der Waals surface area (Å²) < 4.78 is 0. The predicted molar refractivity (Wildman–Crippen MR) is 77.5 cm³/mol. The largest absolute Gasteiger partial charge is 0.397 e. The van der Waals surface area contributed by atoms with Gasteiger partial charge in [0.05, 0.1) is 11.4 Å². The van der Waals surface area contributed by atoms with E-state index in [1.165, 1.54) is 0 Å². The average Bonchev–Trinajstić information content (AvgIpc) is 2.34. The normalized spacial score (nSPS) is 12.2. The number of carbonyl (C=O) groups excluding carboxylic acids is 1. The molecule has 0 heterocycles. The van der Waals surface area contributed by atoms with Crippen LogP contribution in [0.4, 0.5) is 11.4 Å². The van der Waals surface area contributed by atoms with Gasteiger partial charge in [-0.3, -0.25) is 4.79 Å². The number of benzene rings is 1. The van der Waals surface area contributed by atoms with Crippen molar-refractivity contribution < 1.29 is 4.79 Å². The van der Waals surface area contributed by atoms with Crippen LogP contribution >= 0.6 is 0 Å². The second-order valence-corrected chi connectivity index (χ2v) is 4.83. The number of nitrogens with one attached hydrogen (secondary N) is 1. The number of rotatable bonds is 6. The van der Waals surface area contributed by atoms with E-state index in [2.05, 4.69) is 19.2 Å². The third-order valence-electron chi connectivity index (χ3n) is 3.23. The van der Waals surface area contributed by atoms with Crippen LogP contribution in [0.3, 0.4) is 0 Å². The molecule has 1 atom stereocenters. The van der Waals surface area contributed by atoms with E-state index in [0.717, 1.165) is 36.9 Å². The van der Waals surface area contributed by atoms with Gasteiger partial charge in [0.1, 0.15) is 0 Å². The Bertz CT molecular complexity index is 401. The van der Waals surface area contributed by atoms with E-state index >= 15 is 0 Å². The van der Waals surface area contributed by atoms with Crippen LogP contribution in [0, 0.1) is 12.8 Å². The third-order valence-corrected chi connectivity index (χ3v) is 3.23. The van der Waals surface area contributed by atoms with E-state index in [9.17, 15) is 4.79 Å². The van der Waals surface area contributed by atoms with Crippen molar-refractivity contribution >= 4 is 17.3 Å². The maximum Gasteiger partial charge on any atom is 0.227 e. The number of amides is 1. The zero-order valence-electron chi connectivity index (χ0n) is 11.6. The summed E-state index contributed by atoms with van der Waals surface area (Å²) in [5.74, 6) is 0.173. The van der Waals surface area contributed by atoms with Gasteiger partial charge in [0, 0.05) is 5.92 Å². The van der Waals surface area contributed by atoms with Crippen molar-refractivity contribution in [2.75, 3.05) is 11.1 Å². The minimum absolute atomic E-state index is 0.0847. The highest BCUT2D eigenvalue weighted by atomic mass is 16.1. The van der Waals surface area contributed by atoms with Gasteiger partial charge in [0.2, 0.25) is 5.91 Å². The first-order valence-corrected chi connectivity index (χ1v) is 6.75. The molecule has 3 heteroatoms. The number of carbonyl (C=O) groups is 1. The molecule has 0 saturated carbocycles. The first-order chi connectivity index (χ1) is 8.58. The summed E-state index contributed by atoms with van der Waals surface area (Å²) in [6.07, 6.45) is 4.04. The number of nitrogen functional groups attached to an aromatic ring is 1. The second kappa shape index (κ2) is 7.04. The topological polar surface area (TPSA) is 55.1 Å². The maximum atomic E-state index is 12.1. The molecule has 100 valence electrons. The lowest BCUT2D eigenvalue weighted by atomic mass is 9.98. The monoisotopic (exact) mass is 248 g/mol. The molecule has 3 N–H and O–H groups in total. The van der Waals surface area contributed by atoms with Crippen molar-refractivity contribution in [2.24, 2.45) is 5.92 Å². The molecular weight excluding hydrogens is 224 g/mol. The lowest BCUT2D eigenvalue weighted by Gasteiger charge is -2.15. The van der Waals surface area contributed by atoms with Crippen molar-refractivity contribution in [2.45, 2.75) is 46.5 Å². The van der Waals surface area contributed by atoms with E-state index in [4.69, 9.17) is 5.73 Å². The minimum Gasteiger partial charge on any atom is -0.397 e. The Morgan fingerprint density at radius 2 is 2.11 bits per heavy atom. The van der Waals surface area contributed by atoms with Gasteiger partial charge < -0.3 is 11.1 Å². The molecular formula is C15H24N2O. The summed E-state index contributed by atoms with van der Waals surface area (Å²) in [7, 11) is 0. The summed E-state index contributed by atoms with van der Waals surface area (Å²) in [5.41, 5.74) is 8.35. The Balaban J connectivity index is 2.67. The van der Waals surface area contributed by atoms with Gasteiger partial charge >= 0.3 is 0 Å². The van der Waals surface area contributed by atoms with Crippen LogP contribution in [0.1, 0.15) is 45.1 Å². The predicted octanol–water partition coefficient (Wildman–Crippen LogP) is 3.73. The molecule has 1 unspecified atom stereocenters. The quantitative estimate of drug-likeness (QED) is 0.754. The summed E-state index contributed by atoms with van der Waals surface area (Å²) in [4.78, 5) is 12.1. The average molecular weight is 248 g/mol. The van der Waals surface area contributed by atoms with Crippen molar-refractivity contribution in [3.8, 4) is 0 Å². The molecule has 1 aromatic rings. The van der Waals surface area contributed by atoms with Gasteiger partial charge in [0.15, 0.2) is 0 Å². The first-order valence-electron chi connectivity index (χ1n) is 6.75. The molecule has 0 saturated heterocycles. The van der Waals surface area contributed by atoms with Crippen LogP contribution in [0.5, 0.6) is 0 Å². The molecule has 1 amide bonds. The number of aryl methyl sites for hydroxylation is 1. The summed E-state index contributed by atoms with van der Waals surface area (Å²) >= 11 is 0. The Morgan fingerprint density at radius 1 is 1.39 bits per heavy atom. The molecule has 18 heavy (non-hydrogen) atoms. The fourth-order valence-electron chi connectivity index (χ4n) is 2.00. The molecule has 0 aliphatic rings. The third kappa shape index (κ3) is 4.06. The summed E-state index contributed by atoms with van der Waals surface area (Å²) in [6.45, 7) is 6.18.